The maximum atomic E-state index is 3.50. The van der Waals surface area contributed by atoms with Crippen LogP contribution in [0.2, 0.25) is 0 Å². The first-order valence-corrected chi connectivity index (χ1v) is 5.68. The second-order valence-corrected chi connectivity index (χ2v) is 4.75. The topological polar surface area (TPSA) is 18.5 Å². The van der Waals surface area contributed by atoms with Gasteiger partial charge in [-0.15, -0.1) is 0 Å². The summed E-state index contributed by atoms with van der Waals surface area (Å²) in [6.45, 7) is 5.64. The molecule has 1 N–H and O–H groups in total. The minimum absolute atomic E-state index is 0.671. The molecule has 0 aliphatic heterocycles. The fourth-order valence-corrected chi connectivity index (χ4v) is 1.60. The first-order chi connectivity index (χ1) is 6.61. The van der Waals surface area contributed by atoms with Crippen LogP contribution in [0.4, 0.5) is 0 Å². The number of rotatable bonds is 7. The molecule has 0 amide bonds. The van der Waals surface area contributed by atoms with Crippen LogP contribution in [0, 0.1) is 0 Å². The summed E-state index contributed by atoms with van der Waals surface area (Å²) in [5.74, 6) is 0. The summed E-state index contributed by atoms with van der Waals surface area (Å²) in [6.07, 6.45) is 2.80. The van der Waals surface area contributed by atoms with E-state index in [0.717, 1.165) is 25.7 Å². The lowest BCUT2D eigenvalue weighted by atomic mass is 10.3. The first-order valence-electron chi connectivity index (χ1n) is 5.68. The third kappa shape index (κ3) is 4.40. The Morgan fingerprint density at radius 1 is 1.29 bits per heavy atom. The number of hydrogen-bond acceptors (Lipinski definition) is 3. The van der Waals surface area contributed by atoms with Crippen molar-refractivity contribution in [2.24, 2.45) is 0 Å². The van der Waals surface area contributed by atoms with Crippen LogP contribution in [0.1, 0.15) is 19.8 Å². The zero-order valence-electron chi connectivity index (χ0n) is 10.1. The molecule has 0 aromatic heterocycles. The van der Waals surface area contributed by atoms with Gasteiger partial charge in [0.1, 0.15) is 0 Å². The van der Waals surface area contributed by atoms with Crippen LogP contribution in [-0.4, -0.2) is 62.7 Å². The van der Waals surface area contributed by atoms with Crippen molar-refractivity contribution in [2.45, 2.75) is 31.8 Å². The highest BCUT2D eigenvalue weighted by molar-refractivity contribution is 4.85. The minimum atomic E-state index is 0.671. The van der Waals surface area contributed by atoms with Crippen molar-refractivity contribution in [1.82, 2.24) is 15.1 Å². The van der Waals surface area contributed by atoms with Gasteiger partial charge in [0.25, 0.3) is 0 Å². The van der Waals surface area contributed by atoms with Crippen LogP contribution >= 0.6 is 0 Å². The van der Waals surface area contributed by atoms with E-state index in [1.165, 1.54) is 12.8 Å². The molecule has 1 fully saturated rings. The molecule has 3 heteroatoms. The van der Waals surface area contributed by atoms with Crippen molar-refractivity contribution in [2.75, 3.05) is 40.8 Å². The van der Waals surface area contributed by atoms with Gasteiger partial charge in [0.05, 0.1) is 0 Å². The van der Waals surface area contributed by atoms with Gasteiger partial charge in [-0.3, -0.25) is 4.90 Å². The van der Waals surface area contributed by atoms with Gasteiger partial charge in [-0.2, -0.15) is 0 Å². The predicted molar refractivity (Wildman–Crippen MR) is 61.7 cm³/mol. The van der Waals surface area contributed by atoms with E-state index in [9.17, 15) is 0 Å². The van der Waals surface area contributed by atoms with Crippen molar-refractivity contribution in [1.29, 1.82) is 0 Å². The summed E-state index contributed by atoms with van der Waals surface area (Å²) in [5, 5.41) is 3.50. The average molecular weight is 199 g/mol. The van der Waals surface area contributed by atoms with Crippen molar-refractivity contribution in [3.63, 3.8) is 0 Å². The Bertz CT molecular complexity index is 155. The second kappa shape index (κ2) is 5.69. The average Bonchev–Trinajstić information content (AvgIpc) is 2.93. The summed E-state index contributed by atoms with van der Waals surface area (Å²) in [7, 11) is 6.47. The SMILES string of the molecule is CC(CNCCN(C)C)N(C)C1CC1. The van der Waals surface area contributed by atoms with Crippen LogP contribution in [0.3, 0.4) is 0 Å². The molecule has 84 valence electrons. The molecule has 0 aromatic rings. The van der Waals surface area contributed by atoms with E-state index in [2.05, 4.69) is 43.2 Å². The highest BCUT2D eigenvalue weighted by atomic mass is 15.2. The lowest BCUT2D eigenvalue weighted by molar-refractivity contribution is 0.239. The quantitative estimate of drug-likeness (QED) is 0.606. The lowest BCUT2D eigenvalue weighted by Gasteiger charge is -2.25. The molecule has 0 spiro atoms. The molecule has 1 saturated carbocycles. The van der Waals surface area contributed by atoms with Gasteiger partial charge >= 0.3 is 0 Å². The minimum Gasteiger partial charge on any atom is -0.314 e. The summed E-state index contributed by atoms with van der Waals surface area (Å²) in [4.78, 5) is 4.71. The van der Waals surface area contributed by atoms with Gasteiger partial charge in [0, 0.05) is 31.7 Å². The van der Waals surface area contributed by atoms with E-state index in [1.807, 2.05) is 0 Å². The molecule has 0 bridgehead atoms. The van der Waals surface area contributed by atoms with E-state index >= 15 is 0 Å². The Kier molecular flexibility index (Phi) is 4.85. The van der Waals surface area contributed by atoms with Crippen LogP contribution in [-0.2, 0) is 0 Å². The molecule has 0 heterocycles. The van der Waals surface area contributed by atoms with E-state index < -0.39 is 0 Å². The van der Waals surface area contributed by atoms with E-state index in [0.29, 0.717) is 6.04 Å². The fraction of sp³-hybridized carbons (Fsp3) is 1.00. The van der Waals surface area contributed by atoms with Gasteiger partial charge in [-0.1, -0.05) is 0 Å². The summed E-state index contributed by atoms with van der Waals surface area (Å²) in [5.41, 5.74) is 0. The zero-order chi connectivity index (χ0) is 10.6. The molecule has 1 aliphatic carbocycles. The summed E-state index contributed by atoms with van der Waals surface area (Å²) in [6, 6.07) is 1.55. The molecule has 3 nitrogen and oxygen atoms in total. The molecule has 1 rings (SSSR count). The molecule has 0 aromatic carbocycles. The standard InChI is InChI=1S/C11H25N3/c1-10(14(4)11-5-6-11)9-12-7-8-13(2)3/h10-12H,5-9H2,1-4H3. The van der Waals surface area contributed by atoms with Gasteiger partial charge < -0.3 is 10.2 Å². The van der Waals surface area contributed by atoms with Gasteiger partial charge in [-0.05, 0) is 40.9 Å². The number of hydrogen-bond donors (Lipinski definition) is 1. The van der Waals surface area contributed by atoms with Gasteiger partial charge in [0.15, 0.2) is 0 Å². The molecule has 0 saturated heterocycles. The Balaban J connectivity index is 1.99. The van der Waals surface area contributed by atoms with Gasteiger partial charge in [-0.25, -0.2) is 0 Å². The normalized spacial score (nSPS) is 19.3. The predicted octanol–water partition coefficient (Wildman–Crippen LogP) is 0.620. The Morgan fingerprint density at radius 3 is 2.43 bits per heavy atom. The third-order valence-corrected chi connectivity index (χ3v) is 2.99. The van der Waals surface area contributed by atoms with Crippen LogP contribution < -0.4 is 5.32 Å². The monoisotopic (exact) mass is 199 g/mol. The van der Waals surface area contributed by atoms with Gasteiger partial charge in [0.2, 0.25) is 0 Å². The highest BCUT2D eigenvalue weighted by Crippen LogP contribution is 2.26. The molecule has 1 atom stereocenters. The summed E-state index contributed by atoms with van der Waals surface area (Å²) >= 11 is 0. The maximum Gasteiger partial charge on any atom is 0.0192 e. The summed E-state index contributed by atoms with van der Waals surface area (Å²) < 4.78 is 0. The van der Waals surface area contributed by atoms with E-state index in [1.54, 1.807) is 0 Å². The highest BCUT2D eigenvalue weighted by Gasteiger charge is 2.28. The molecular formula is C11H25N3. The maximum absolute atomic E-state index is 3.50. The molecule has 1 unspecified atom stereocenters. The van der Waals surface area contributed by atoms with Crippen molar-refractivity contribution >= 4 is 0 Å². The van der Waals surface area contributed by atoms with Crippen molar-refractivity contribution in [3.05, 3.63) is 0 Å². The van der Waals surface area contributed by atoms with Crippen LogP contribution in [0.5, 0.6) is 0 Å². The number of nitrogens with zero attached hydrogens (tertiary/aromatic N) is 2. The lowest BCUT2D eigenvalue weighted by Crippen LogP contribution is -2.40. The molecule has 0 radical (unpaired) electrons. The fourth-order valence-electron chi connectivity index (χ4n) is 1.60. The zero-order valence-corrected chi connectivity index (χ0v) is 10.1. The molecular weight excluding hydrogens is 174 g/mol. The Hall–Kier alpha value is -0.120. The van der Waals surface area contributed by atoms with E-state index in [-0.39, 0.29) is 0 Å². The Labute approximate surface area is 88.5 Å². The van der Waals surface area contributed by atoms with Crippen LogP contribution in [0.25, 0.3) is 0 Å². The first kappa shape index (κ1) is 12.0. The van der Waals surface area contributed by atoms with Crippen molar-refractivity contribution in [3.8, 4) is 0 Å². The third-order valence-electron chi connectivity index (χ3n) is 2.99. The van der Waals surface area contributed by atoms with Crippen LogP contribution in [0.15, 0.2) is 0 Å². The van der Waals surface area contributed by atoms with Crippen molar-refractivity contribution < 1.29 is 0 Å². The Morgan fingerprint density at radius 2 is 1.93 bits per heavy atom. The number of nitrogens with one attached hydrogen (secondary N) is 1. The smallest absolute Gasteiger partial charge is 0.0192 e. The second-order valence-electron chi connectivity index (χ2n) is 4.75. The van der Waals surface area contributed by atoms with E-state index in [4.69, 9.17) is 0 Å². The number of likely N-dealkylation sites (N-methyl/N-ethyl adjacent to an activating group) is 2. The molecule has 14 heavy (non-hydrogen) atoms. The molecule has 1 aliphatic rings. The largest absolute Gasteiger partial charge is 0.314 e.